The topological polar surface area (TPSA) is 97.2 Å². The number of rotatable bonds is 1. The lowest BCUT2D eigenvalue weighted by Gasteiger charge is -2.17. The highest BCUT2D eigenvalue weighted by Gasteiger charge is 2.39. The minimum absolute atomic E-state index is 0.290. The van der Waals surface area contributed by atoms with E-state index in [9.17, 15) is 10.2 Å². The van der Waals surface area contributed by atoms with E-state index in [1.807, 2.05) is 0 Å². The van der Waals surface area contributed by atoms with Gasteiger partial charge in [-0.2, -0.15) is 0 Å². The van der Waals surface area contributed by atoms with Crippen LogP contribution in [0.1, 0.15) is 10.9 Å². The first-order valence-electron chi connectivity index (χ1n) is 5.83. The summed E-state index contributed by atoms with van der Waals surface area (Å²) in [5.41, 5.74) is 6.92. The van der Waals surface area contributed by atoms with Crippen LogP contribution >= 0.6 is 11.8 Å². The molecule has 0 aliphatic carbocycles. The number of nitrogen functional groups attached to an aromatic ring is 1. The number of terminal acetylenes is 1. The standard InChI is InChI=1S/C13H12N4O2S/c1-3-7-4-17(12-8(7)11(14)15-5-16-12)13-10(19)9(18)6(2)20-13/h1,4-5,9-10,13,18-19H,2H2,(H2,14,15,16)/t9-,10-,13-/m1/s1. The molecule has 0 saturated carbocycles. The molecule has 102 valence electrons. The highest BCUT2D eigenvalue weighted by atomic mass is 32.2. The molecule has 3 heterocycles. The number of aliphatic hydroxyl groups is 2. The van der Waals surface area contributed by atoms with Gasteiger partial charge in [-0.15, -0.1) is 18.2 Å². The first-order chi connectivity index (χ1) is 9.54. The third-order valence-corrected chi connectivity index (χ3v) is 4.58. The van der Waals surface area contributed by atoms with E-state index in [0.29, 0.717) is 27.3 Å². The van der Waals surface area contributed by atoms with Crippen LogP contribution in [0.2, 0.25) is 0 Å². The molecule has 1 aliphatic rings. The Labute approximate surface area is 119 Å². The lowest BCUT2D eigenvalue weighted by Crippen LogP contribution is -2.27. The lowest BCUT2D eigenvalue weighted by atomic mass is 10.2. The van der Waals surface area contributed by atoms with E-state index in [2.05, 4.69) is 22.5 Å². The summed E-state index contributed by atoms with van der Waals surface area (Å²) in [5.74, 6) is 2.83. The number of anilines is 1. The van der Waals surface area contributed by atoms with Crippen molar-refractivity contribution in [3.05, 3.63) is 29.6 Å². The molecule has 4 N–H and O–H groups in total. The summed E-state index contributed by atoms with van der Waals surface area (Å²) >= 11 is 1.28. The SMILES string of the molecule is C#Cc1cn([C@@H]2SC(=C)[C@@H](O)[C@H]2O)c2ncnc(N)c12. The molecule has 1 saturated heterocycles. The van der Waals surface area contributed by atoms with Crippen LogP contribution in [0, 0.1) is 12.3 Å². The summed E-state index contributed by atoms with van der Waals surface area (Å²) in [5, 5.41) is 20.1. The van der Waals surface area contributed by atoms with E-state index in [4.69, 9.17) is 12.2 Å². The Kier molecular flexibility index (Phi) is 2.94. The highest BCUT2D eigenvalue weighted by molar-refractivity contribution is 8.03. The number of hydrogen-bond donors (Lipinski definition) is 3. The van der Waals surface area contributed by atoms with Gasteiger partial charge < -0.3 is 20.5 Å². The number of fused-ring (bicyclic) bond motifs is 1. The van der Waals surface area contributed by atoms with E-state index in [1.54, 1.807) is 10.8 Å². The van der Waals surface area contributed by atoms with E-state index in [-0.39, 0.29) is 0 Å². The maximum Gasteiger partial charge on any atom is 0.147 e. The Hall–Kier alpha value is -2.01. The molecule has 3 rings (SSSR count). The first-order valence-corrected chi connectivity index (χ1v) is 6.71. The zero-order valence-corrected chi connectivity index (χ0v) is 11.2. The van der Waals surface area contributed by atoms with Crippen LogP contribution in [0.15, 0.2) is 24.0 Å². The summed E-state index contributed by atoms with van der Waals surface area (Å²) in [6.45, 7) is 3.73. The van der Waals surface area contributed by atoms with Gasteiger partial charge in [-0.3, -0.25) is 0 Å². The van der Waals surface area contributed by atoms with Crippen LogP contribution in [0.3, 0.4) is 0 Å². The quantitative estimate of drug-likeness (QED) is 0.660. The largest absolute Gasteiger partial charge is 0.387 e. The zero-order chi connectivity index (χ0) is 14.4. The second-order valence-electron chi connectivity index (χ2n) is 4.46. The Balaban J connectivity index is 2.21. The normalized spacial score (nSPS) is 26.1. The average molecular weight is 288 g/mol. The van der Waals surface area contributed by atoms with Gasteiger partial charge >= 0.3 is 0 Å². The molecule has 0 unspecified atom stereocenters. The van der Waals surface area contributed by atoms with Crippen LogP contribution < -0.4 is 5.73 Å². The highest BCUT2D eigenvalue weighted by Crippen LogP contribution is 2.45. The van der Waals surface area contributed by atoms with Crippen molar-refractivity contribution >= 4 is 28.6 Å². The van der Waals surface area contributed by atoms with Gasteiger partial charge in [0.15, 0.2) is 0 Å². The fraction of sp³-hybridized carbons (Fsp3) is 0.231. The monoisotopic (exact) mass is 288 g/mol. The van der Waals surface area contributed by atoms with Crippen LogP contribution in [-0.2, 0) is 0 Å². The van der Waals surface area contributed by atoms with Gasteiger partial charge in [-0.05, 0) is 0 Å². The van der Waals surface area contributed by atoms with Crippen molar-refractivity contribution < 1.29 is 10.2 Å². The number of thioether (sulfide) groups is 1. The molecule has 6 nitrogen and oxygen atoms in total. The van der Waals surface area contributed by atoms with Crippen LogP contribution in [-0.4, -0.2) is 37.0 Å². The van der Waals surface area contributed by atoms with Crippen molar-refractivity contribution in [1.82, 2.24) is 14.5 Å². The lowest BCUT2D eigenvalue weighted by molar-refractivity contribution is 0.0415. The number of aromatic nitrogens is 3. The molecular weight excluding hydrogens is 276 g/mol. The van der Waals surface area contributed by atoms with Crippen molar-refractivity contribution in [3.8, 4) is 12.3 Å². The summed E-state index contributed by atoms with van der Waals surface area (Å²) in [4.78, 5) is 8.61. The Morgan fingerprint density at radius 3 is 2.80 bits per heavy atom. The Morgan fingerprint density at radius 2 is 2.20 bits per heavy atom. The van der Waals surface area contributed by atoms with Crippen LogP contribution in [0.25, 0.3) is 11.0 Å². The summed E-state index contributed by atoms with van der Waals surface area (Å²) in [6.07, 6.45) is 6.54. The molecule has 7 heteroatoms. The number of hydrogen-bond acceptors (Lipinski definition) is 6. The number of aliphatic hydroxyl groups excluding tert-OH is 2. The third kappa shape index (κ3) is 1.70. The van der Waals surface area contributed by atoms with Crippen LogP contribution in [0.5, 0.6) is 0 Å². The predicted molar refractivity (Wildman–Crippen MR) is 77.7 cm³/mol. The van der Waals surface area contributed by atoms with Gasteiger partial charge in [0.25, 0.3) is 0 Å². The molecule has 0 amide bonds. The zero-order valence-electron chi connectivity index (χ0n) is 10.4. The van der Waals surface area contributed by atoms with Gasteiger partial charge in [-0.1, -0.05) is 12.5 Å². The summed E-state index contributed by atoms with van der Waals surface area (Å²) in [6, 6.07) is 0. The van der Waals surface area contributed by atoms with Gasteiger partial charge in [0.2, 0.25) is 0 Å². The van der Waals surface area contributed by atoms with Crippen molar-refractivity contribution in [2.24, 2.45) is 0 Å². The molecule has 2 aromatic rings. The molecule has 0 bridgehead atoms. The second kappa shape index (κ2) is 4.52. The van der Waals surface area contributed by atoms with E-state index in [1.165, 1.54) is 18.1 Å². The number of nitrogens with zero attached hydrogens (tertiary/aromatic N) is 3. The molecule has 0 aromatic carbocycles. The second-order valence-corrected chi connectivity index (χ2v) is 5.71. The molecule has 3 atom stereocenters. The Bertz CT molecular complexity index is 749. The van der Waals surface area contributed by atoms with Gasteiger partial charge in [0.05, 0.1) is 10.9 Å². The van der Waals surface area contributed by atoms with Crippen molar-refractivity contribution in [3.63, 3.8) is 0 Å². The van der Waals surface area contributed by atoms with Gasteiger partial charge in [-0.25, -0.2) is 9.97 Å². The fourth-order valence-electron chi connectivity index (χ4n) is 2.27. The molecule has 1 fully saturated rings. The van der Waals surface area contributed by atoms with Crippen LogP contribution in [0.4, 0.5) is 5.82 Å². The van der Waals surface area contributed by atoms with Crippen molar-refractivity contribution in [1.29, 1.82) is 0 Å². The maximum absolute atomic E-state index is 10.1. The average Bonchev–Trinajstić information content (AvgIpc) is 2.93. The molecule has 1 aliphatic heterocycles. The summed E-state index contributed by atoms with van der Waals surface area (Å²) in [7, 11) is 0. The Morgan fingerprint density at radius 1 is 1.45 bits per heavy atom. The maximum atomic E-state index is 10.1. The molecule has 0 radical (unpaired) electrons. The fourth-order valence-corrected chi connectivity index (χ4v) is 3.43. The predicted octanol–water partition coefficient (Wildman–Crippen LogP) is 0.476. The van der Waals surface area contributed by atoms with E-state index >= 15 is 0 Å². The molecular formula is C13H12N4O2S. The smallest absolute Gasteiger partial charge is 0.147 e. The van der Waals surface area contributed by atoms with E-state index in [0.717, 1.165) is 0 Å². The van der Waals surface area contributed by atoms with Gasteiger partial charge in [0.1, 0.15) is 35.4 Å². The first kappa shape index (κ1) is 13.0. The minimum atomic E-state index is -0.982. The molecule has 2 aromatic heterocycles. The van der Waals surface area contributed by atoms with Crippen molar-refractivity contribution in [2.45, 2.75) is 17.6 Å². The molecule has 20 heavy (non-hydrogen) atoms. The number of nitrogens with two attached hydrogens (primary N) is 1. The van der Waals surface area contributed by atoms with Crippen molar-refractivity contribution in [2.75, 3.05) is 5.73 Å². The van der Waals surface area contributed by atoms with Gasteiger partial charge in [0, 0.05) is 11.1 Å². The van der Waals surface area contributed by atoms with E-state index < -0.39 is 17.6 Å². The summed E-state index contributed by atoms with van der Waals surface area (Å²) < 4.78 is 1.71. The minimum Gasteiger partial charge on any atom is -0.387 e. The third-order valence-electron chi connectivity index (χ3n) is 3.29. The molecule has 0 spiro atoms.